The number of β-amino-alcohol motifs (C(OH)–C–C–N with tert-alkyl or cyclic N) is 1. The summed E-state index contributed by atoms with van der Waals surface area (Å²) in [5, 5.41) is 10.1. The Labute approximate surface area is 142 Å². The zero-order valence-corrected chi connectivity index (χ0v) is 14.1. The summed E-state index contributed by atoms with van der Waals surface area (Å²) in [5.74, 6) is -0.449. The van der Waals surface area contributed by atoms with E-state index in [1.165, 1.54) is 6.07 Å². The molecule has 1 heterocycles. The van der Waals surface area contributed by atoms with Crippen LogP contribution in [0.25, 0.3) is 0 Å². The van der Waals surface area contributed by atoms with Crippen LogP contribution < -0.4 is 0 Å². The highest BCUT2D eigenvalue weighted by atomic mass is 19.1. The van der Waals surface area contributed by atoms with Crippen LogP contribution in [-0.4, -0.2) is 54.9 Å². The average molecular weight is 339 g/mol. The van der Waals surface area contributed by atoms with Crippen molar-refractivity contribution in [2.75, 3.05) is 32.8 Å². The summed E-state index contributed by atoms with van der Waals surface area (Å²) in [4.78, 5) is 13.8. The van der Waals surface area contributed by atoms with Gasteiger partial charge in [0, 0.05) is 12.1 Å². The molecule has 2 rings (SSSR count). The topological polar surface area (TPSA) is 59.0 Å². The number of likely N-dealkylation sites (tertiary alicyclic amines) is 1. The fraction of sp³-hybridized carbons (Fsp3) is 0.611. The second-order valence-corrected chi connectivity index (χ2v) is 6.09. The molecule has 0 saturated carbocycles. The van der Waals surface area contributed by atoms with Gasteiger partial charge in [-0.3, -0.25) is 4.79 Å². The fourth-order valence-electron chi connectivity index (χ4n) is 2.88. The van der Waals surface area contributed by atoms with Gasteiger partial charge in [0.1, 0.15) is 5.82 Å². The summed E-state index contributed by atoms with van der Waals surface area (Å²) in [7, 11) is 0. The maximum absolute atomic E-state index is 13.5. The Morgan fingerprint density at radius 2 is 2.08 bits per heavy atom. The van der Waals surface area contributed by atoms with Crippen LogP contribution in [0.2, 0.25) is 0 Å². The maximum Gasteiger partial charge on any atom is 0.309 e. The Kier molecular flexibility index (Phi) is 7.62. The van der Waals surface area contributed by atoms with Crippen LogP contribution in [0.1, 0.15) is 25.3 Å². The molecule has 1 aromatic rings. The van der Waals surface area contributed by atoms with Crippen LogP contribution in [0, 0.1) is 11.7 Å². The van der Waals surface area contributed by atoms with Gasteiger partial charge in [-0.1, -0.05) is 18.2 Å². The molecule has 1 aliphatic heterocycles. The number of benzene rings is 1. The number of rotatable bonds is 8. The lowest BCUT2D eigenvalue weighted by atomic mass is 9.97. The van der Waals surface area contributed by atoms with E-state index in [-0.39, 0.29) is 30.9 Å². The molecule has 0 aliphatic carbocycles. The SMILES string of the molecule is CCOC(=O)C1CCN(CC(O)COCc2ccccc2F)CC1. The lowest BCUT2D eigenvalue weighted by Gasteiger charge is -2.32. The molecule has 1 N–H and O–H groups in total. The molecule has 1 atom stereocenters. The molecule has 1 fully saturated rings. The molecule has 0 amide bonds. The molecule has 0 aromatic heterocycles. The van der Waals surface area contributed by atoms with E-state index in [0.717, 1.165) is 25.9 Å². The highest BCUT2D eigenvalue weighted by Gasteiger charge is 2.26. The van der Waals surface area contributed by atoms with Gasteiger partial charge >= 0.3 is 5.97 Å². The molecule has 1 aromatic carbocycles. The van der Waals surface area contributed by atoms with Gasteiger partial charge in [-0.05, 0) is 38.9 Å². The van der Waals surface area contributed by atoms with Gasteiger partial charge in [-0.2, -0.15) is 0 Å². The van der Waals surface area contributed by atoms with Crippen molar-refractivity contribution in [3.05, 3.63) is 35.6 Å². The largest absolute Gasteiger partial charge is 0.466 e. The number of piperidine rings is 1. The summed E-state index contributed by atoms with van der Waals surface area (Å²) in [6.07, 6.45) is 0.874. The average Bonchev–Trinajstić information content (AvgIpc) is 2.57. The monoisotopic (exact) mass is 339 g/mol. The predicted octanol–water partition coefficient (Wildman–Crippen LogP) is 1.98. The van der Waals surface area contributed by atoms with Gasteiger partial charge in [0.25, 0.3) is 0 Å². The van der Waals surface area contributed by atoms with Crippen LogP contribution >= 0.6 is 0 Å². The fourth-order valence-corrected chi connectivity index (χ4v) is 2.88. The summed E-state index contributed by atoms with van der Waals surface area (Å²) in [5.41, 5.74) is 0.486. The number of aliphatic hydroxyl groups is 1. The normalized spacial score (nSPS) is 17.6. The van der Waals surface area contributed by atoms with Gasteiger partial charge in [-0.15, -0.1) is 0 Å². The van der Waals surface area contributed by atoms with Crippen LogP contribution in [0.4, 0.5) is 4.39 Å². The molecule has 0 radical (unpaired) electrons. The second kappa shape index (κ2) is 9.71. The number of hydrogen-bond donors (Lipinski definition) is 1. The van der Waals surface area contributed by atoms with Crippen molar-refractivity contribution in [1.29, 1.82) is 0 Å². The minimum Gasteiger partial charge on any atom is -0.466 e. The minimum absolute atomic E-state index is 0.0318. The Hall–Kier alpha value is -1.50. The Bertz CT molecular complexity index is 517. The Morgan fingerprint density at radius 3 is 2.75 bits per heavy atom. The highest BCUT2D eigenvalue weighted by Crippen LogP contribution is 2.19. The molecule has 1 aliphatic rings. The van der Waals surface area contributed by atoms with E-state index in [1.54, 1.807) is 18.2 Å². The second-order valence-electron chi connectivity index (χ2n) is 6.09. The van der Waals surface area contributed by atoms with Crippen molar-refractivity contribution in [1.82, 2.24) is 4.90 Å². The molecule has 134 valence electrons. The summed E-state index contributed by atoms with van der Waals surface area (Å²) in [6.45, 7) is 4.54. The van der Waals surface area contributed by atoms with Crippen molar-refractivity contribution < 1.29 is 23.8 Å². The lowest BCUT2D eigenvalue weighted by molar-refractivity contribution is -0.149. The smallest absolute Gasteiger partial charge is 0.309 e. The van der Waals surface area contributed by atoms with Crippen molar-refractivity contribution in [2.24, 2.45) is 5.92 Å². The number of esters is 1. The molecule has 0 bridgehead atoms. The Balaban J connectivity index is 1.64. The van der Waals surface area contributed by atoms with Crippen molar-refractivity contribution in [3.63, 3.8) is 0 Å². The highest BCUT2D eigenvalue weighted by molar-refractivity contribution is 5.72. The van der Waals surface area contributed by atoms with E-state index in [4.69, 9.17) is 9.47 Å². The number of carbonyl (C=O) groups excluding carboxylic acids is 1. The van der Waals surface area contributed by atoms with Crippen molar-refractivity contribution in [2.45, 2.75) is 32.5 Å². The van der Waals surface area contributed by atoms with Gasteiger partial charge in [0.15, 0.2) is 0 Å². The quantitative estimate of drug-likeness (QED) is 0.734. The molecular formula is C18H26FNO4. The van der Waals surface area contributed by atoms with E-state index >= 15 is 0 Å². The number of halogens is 1. The van der Waals surface area contributed by atoms with E-state index in [1.807, 2.05) is 6.92 Å². The Morgan fingerprint density at radius 1 is 1.38 bits per heavy atom. The number of carbonyl (C=O) groups is 1. The third kappa shape index (κ3) is 5.85. The standard InChI is InChI=1S/C18H26FNO4/c1-2-24-18(22)14-7-9-20(10-8-14)11-16(21)13-23-12-15-5-3-4-6-17(15)19/h3-6,14,16,21H,2,7-13H2,1H3. The summed E-state index contributed by atoms with van der Waals surface area (Å²) < 4.78 is 23.9. The molecular weight excluding hydrogens is 313 g/mol. The molecule has 6 heteroatoms. The number of hydrogen-bond acceptors (Lipinski definition) is 5. The number of aliphatic hydroxyl groups excluding tert-OH is 1. The van der Waals surface area contributed by atoms with Crippen LogP contribution in [0.3, 0.4) is 0 Å². The van der Waals surface area contributed by atoms with Gasteiger partial charge in [0.05, 0.1) is 31.8 Å². The molecule has 24 heavy (non-hydrogen) atoms. The van der Waals surface area contributed by atoms with Crippen LogP contribution in [-0.2, 0) is 20.9 Å². The third-order valence-electron chi connectivity index (χ3n) is 4.20. The van der Waals surface area contributed by atoms with Crippen molar-refractivity contribution in [3.8, 4) is 0 Å². The maximum atomic E-state index is 13.5. The lowest BCUT2D eigenvalue weighted by Crippen LogP contribution is -2.42. The first-order valence-corrected chi connectivity index (χ1v) is 8.48. The first kappa shape index (κ1) is 18.8. The minimum atomic E-state index is -0.629. The predicted molar refractivity (Wildman–Crippen MR) is 87.9 cm³/mol. The van der Waals surface area contributed by atoms with E-state index in [9.17, 15) is 14.3 Å². The summed E-state index contributed by atoms with van der Waals surface area (Å²) >= 11 is 0. The van der Waals surface area contributed by atoms with Crippen LogP contribution in [0.15, 0.2) is 24.3 Å². The molecule has 5 nitrogen and oxygen atoms in total. The van der Waals surface area contributed by atoms with Gasteiger partial charge in [-0.25, -0.2) is 4.39 Å². The number of ether oxygens (including phenoxy) is 2. The zero-order chi connectivity index (χ0) is 17.4. The number of nitrogens with zero attached hydrogens (tertiary/aromatic N) is 1. The third-order valence-corrected chi connectivity index (χ3v) is 4.20. The zero-order valence-electron chi connectivity index (χ0n) is 14.1. The van der Waals surface area contributed by atoms with Crippen LogP contribution in [0.5, 0.6) is 0 Å². The van der Waals surface area contributed by atoms with Crippen molar-refractivity contribution >= 4 is 5.97 Å². The molecule has 1 unspecified atom stereocenters. The van der Waals surface area contributed by atoms with E-state index in [0.29, 0.717) is 18.7 Å². The van der Waals surface area contributed by atoms with E-state index < -0.39 is 6.10 Å². The van der Waals surface area contributed by atoms with E-state index in [2.05, 4.69) is 4.90 Å². The molecule has 1 saturated heterocycles. The molecule has 0 spiro atoms. The first-order chi connectivity index (χ1) is 11.6. The van der Waals surface area contributed by atoms with Gasteiger partial charge in [0.2, 0.25) is 0 Å². The van der Waals surface area contributed by atoms with Gasteiger partial charge < -0.3 is 19.5 Å². The summed E-state index contributed by atoms with van der Waals surface area (Å²) in [6, 6.07) is 6.45. The first-order valence-electron chi connectivity index (χ1n) is 8.48.